The average Bonchev–Trinajstić information content (AvgIpc) is 3.04. The van der Waals surface area contributed by atoms with E-state index in [9.17, 15) is 18.0 Å². The van der Waals surface area contributed by atoms with E-state index in [0.29, 0.717) is 17.1 Å². The minimum absolute atomic E-state index is 0.0348. The van der Waals surface area contributed by atoms with E-state index in [4.69, 9.17) is 0 Å². The third-order valence-corrected chi connectivity index (χ3v) is 4.00. The number of benzene rings is 2. The van der Waals surface area contributed by atoms with Crippen LogP contribution >= 0.6 is 0 Å². The molecule has 1 heterocycles. The SMILES string of the molecule is Cc1nc(C(=O)NC(C)c2ccc(OC(F)F)cc2)nn1-c1ccc(F)cc1. The zero-order chi connectivity index (χ0) is 20.3. The summed E-state index contributed by atoms with van der Waals surface area (Å²) in [4.78, 5) is 16.6. The van der Waals surface area contributed by atoms with Crippen LogP contribution in [0.15, 0.2) is 48.5 Å². The molecule has 0 bridgehead atoms. The van der Waals surface area contributed by atoms with Crippen LogP contribution in [0.3, 0.4) is 0 Å². The van der Waals surface area contributed by atoms with Gasteiger partial charge in [0, 0.05) is 0 Å². The van der Waals surface area contributed by atoms with Crippen LogP contribution in [-0.2, 0) is 0 Å². The highest BCUT2D eigenvalue weighted by Crippen LogP contribution is 2.19. The fourth-order valence-corrected chi connectivity index (χ4v) is 2.60. The van der Waals surface area contributed by atoms with Crippen LogP contribution in [0.4, 0.5) is 13.2 Å². The lowest BCUT2D eigenvalue weighted by Crippen LogP contribution is -2.27. The summed E-state index contributed by atoms with van der Waals surface area (Å²) in [5.41, 5.74) is 1.28. The van der Waals surface area contributed by atoms with Crippen molar-refractivity contribution >= 4 is 5.91 Å². The second kappa shape index (κ2) is 8.12. The number of carbonyl (C=O) groups is 1. The summed E-state index contributed by atoms with van der Waals surface area (Å²) >= 11 is 0. The van der Waals surface area contributed by atoms with Gasteiger partial charge in [0.1, 0.15) is 17.4 Å². The maximum Gasteiger partial charge on any atom is 0.387 e. The van der Waals surface area contributed by atoms with Gasteiger partial charge in [-0.25, -0.2) is 14.1 Å². The number of halogens is 3. The third-order valence-electron chi connectivity index (χ3n) is 4.00. The Labute approximate surface area is 159 Å². The molecule has 3 aromatic rings. The third kappa shape index (κ3) is 4.48. The Morgan fingerprint density at radius 3 is 2.36 bits per heavy atom. The molecule has 1 unspecified atom stereocenters. The molecule has 1 aromatic heterocycles. The van der Waals surface area contributed by atoms with Gasteiger partial charge in [0.05, 0.1) is 11.7 Å². The molecule has 1 N–H and O–H groups in total. The van der Waals surface area contributed by atoms with Crippen LogP contribution < -0.4 is 10.1 Å². The minimum Gasteiger partial charge on any atom is -0.435 e. The largest absolute Gasteiger partial charge is 0.435 e. The van der Waals surface area contributed by atoms with Crippen molar-refractivity contribution in [1.29, 1.82) is 0 Å². The molecular weight excluding hydrogens is 373 g/mol. The van der Waals surface area contributed by atoms with Crippen LogP contribution in [0.5, 0.6) is 5.75 Å². The van der Waals surface area contributed by atoms with Crippen molar-refractivity contribution < 1.29 is 22.7 Å². The van der Waals surface area contributed by atoms with Gasteiger partial charge in [-0.15, -0.1) is 5.10 Å². The van der Waals surface area contributed by atoms with Crippen LogP contribution in [0, 0.1) is 12.7 Å². The number of hydrogen-bond donors (Lipinski definition) is 1. The highest BCUT2D eigenvalue weighted by atomic mass is 19.3. The van der Waals surface area contributed by atoms with Gasteiger partial charge in [0.15, 0.2) is 0 Å². The number of carbonyl (C=O) groups excluding carboxylic acids is 1. The summed E-state index contributed by atoms with van der Waals surface area (Å²) in [5, 5.41) is 6.92. The molecule has 146 valence electrons. The summed E-state index contributed by atoms with van der Waals surface area (Å²) in [6, 6.07) is 11.2. The molecule has 0 fully saturated rings. The normalized spacial score (nSPS) is 12.1. The van der Waals surface area contributed by atoms with Crippen LogP contribution in [0.2, 0.25) is 0 Å². The van der Waals surface area contributed by atoms with Gasteiger partial charge in [-0.3, -0.25) is 4.79 Å². The van der Waals surface area contributed by atoms with E-state index in [0.717, 1.165) is 0 Å². The molecule has 0 aliphatic rings. The second-order valence-electron chi connectivity index (χ2n) is 6.01. The molecule has 28 heavy (non-hydrogen) atoms. The standard InChI is InChI=1S/C19H17F3N4O2/c1-11(13-3-9-16(10-4-13)28-19(21)22)23-18(27)17-24-12(2)26(25-17)15-7-5-14(20)6-8-15/h3-11,19H,1-2H3,(H,23,27). The van der Waals surface area contributed by atoms with Gasteiger partial charge in [0.25, 0.3) is 5.91 Å². The molecule has 3 rings (SSSR count). The van der Waals surface area contributed by atoms with E-state index in [1.807, 2.05) is 0 Å². The Morgan fingerprint density at radius 2 is 1.75 bits per heavy atom. The van der Waals surface area contributed by atoms with E-state index in [-0.39, 0.29) is 17.4 Å². The molecule has 0 saturated heterocycles. The number of rotatable bonds is 6. The number of amides is 1. The number of aromatic nitrogens is 3. The Hall–Kier alpha value is -3.36. The second-order valence-corrected chi connectivity index (χ2v) is 6.01. The van der Waals surface area contributed by atoms with Gasteiger partial charge < -0.3 is 10.1 Å². The number of nitrogens with one attached hydrogen (secondary N) is 1. The lowest BCUT2D eigenvalue weighted by atomic mass is 10.1. The zero-order valence-electron chi connectivity index (χ0n) is 15.1. The topological polar surface area (TPSA) is 69.0 Å². The number of alkyl halides is 2. The van der Waals surface area contributed by atoms with E-state index in [2.05, 4.69) is 20.1 Å². The molecule has 9 heteroatoms. The van der Waals surface area contributed by atoms with Gasteiger partial charge in [-0.1, -0.05) is 12.1 Å². The van der Waals surface area contributed by atoms with Crippen molar-refractivity contribution in [1.82, 2.24) is 20.1 Å². The van der Waals surface area contributed by atoms with Crippen molar-refractivity contribution in [2.45, 2.75) is 26.5 Å². The quantitative estimate of drug-likeness (QED) is 0.695. The molecule has 0 aliphatic carbocycles. The van der Waals surface area contributed by atoms with E-state index in [1.165, 1.54) is 41.1 Å². The van der Waals surface area contributed by atoms with Gasteiger partial charge in [-0.2, -0.15) is 8.78 Å². The van der Waals surface area contributed by atoms with Crippen LogP contribution in [-0.4, -0.2) is 27.3 Å². The number of aryl methyl sites for hydroxylation is 1. The van der Waals surface area contributed by atoms with Gasteiger partial charge >= 0.3 is 6.61 Å². The van der Waals surface area contributed by atoms with Crippen molar-refractivity contribution in [3.05, 3.63) is 71.6 Å². The predicted molar refractivity (Wildman–Crippen MR) is 95.0 cm³/mol. The smallest absolute Gasteiger partial charge is 0.387 e. The van der Waals surface area contributed by atoms with Gasteiger partial charge in [-0.05, 0) is 55.8 Å². The lowest BCUT2D eigenvalue weighted by Gasteiger charge is -2.13. The fourth-order valence-electron chi connectivity index (χ4n) is 2.60. The molecule has 1 atom stereocenters. The summed E-state index contributed by atoms with van der Waals surface area (Å²) in [7, 11) is 0. The Balaban J connectivity index is 1.70. The molecule has 1 amide bonds. The highest BCUT2D eigenvalue weighted by molar-refractivity contribution is 5.90. The van der Waals surface area contributed by atoms with Crippen molar-refractivity contribution in [2.75, 3.05) is 0 Å². The predicted octanol–water partition coefficient (Wildman–Crippen LogP) is 3.81. The molecule has 2 aromatic carbocycles. The highest BCUT2D eigenvalue weighted by Gasteiger charge is 2.18. The summed E-state index contributed by atoms with van der Waals surface area (Å²) in [6.07, 6.45) is 0. The lowest BCUT2D eigenvalue weighted by molar-refractivity contribution is -0.0498. The van der Waals surface area contributed by atoms with Crippen molar-refractivity contribution in [2.24, 2.45) is 0 Å². The van der Waals surface area contributed by atoms with E-state index in [1.54, 1.807) is 26.0 Å². The first kappa shape index (κ1) is 19.4. The molecule has 0 radical (unpaired) electrons. The maximum atomic E-state index is 13.1. The number of nitrogens with zero attached hydrogens (tertiary/aromatic N) is 3. The average molecular weight is 390 g/mol. The molecular formula is C19H17F3N4O2. The van der Waals surface area contributed by atoms with Gasteiger partial charge in [0.2, 0.25) is 5.82 Å². The summed E-state index contributed by atoms with van der Waals surface area (Å²) < 4.78 is 43.2. The number of hydrogen-bond acceptors (Lipinski definition) is 4. The molecule has 0 aliphatic heterocycles. The zero-order valence-corrected chi connectivity index (χ0v) is 15.1. The number of ether oxygens (including phenoxy) is 1. The Morgan fingerprint density at radius 1 is 1.11 bits per heavy atom. The summed E-state index contributed by atoms with van der Waals surface area (Å²) in [6.45, 7) is 0.525. The fraction of sp³-hybridized carbons (Fsp3) is 0.211. The summed E-state index contributed by atoms with van der Waals surface area (Å²) in [5.74, 6) is -0.403. The van der Waals surface area contributed by atoms with E-state index < -0.39 is 18.6 Å². The van der Waals surface area contributed by atoms with Crippen LogP contribution in [0.1, 0.15) is 35.0 Å². The first-order valence-electron chi connectivity index (χ1n) is 8.38. The Bertz CT molecular complexity index is 956. The molecule has 0 saturated carbocycles. The minimum atomic E-state index is -2.89. The monoisotopic (exact) mass is 390 g/mol. The molecule has 6 nitrogen and oxygen atoms in total. The molecule has 0 spiro atoms. The maximum absolute atomic E-state index is 13.1. The van der Waals surface area contributed by atoms with E-state index >= 15 is 0 Å². The Kier molecular flexibility index (Phi) is 5.62. The van der Waals surface area contributed by atoms with Crippen molar-refractivity contribution in [3.8, 4) is 11.4 Å². The first-order valence-corrected chi connectivity index (χ1v) is 8.38. The van der Waals surface area contributed by atoms with Crippen molar-refractivity contribution in [3.63, 3.8) is 0 Å². The first-order chi connectivity index (χ1) is 13.3. The van der Waals surface area contributed by atoms with Crippen LogP contribution in [0.25, 0.3) is 5.69 Å².